The molecule has 1 aromatic carbocycles. The van der Waals surface area contributed by atoms with Crippen molar-refractivity contribution < 1.29 is 0 Å². The minimum atomic E-state index is 0.0473. The van der Waals surface area contributed by atoms with Crippen molar-refractivity contribution >= 4 is 29.2 Å². The Morgan fingerprint density at radius 3 is 2.58 bits per heavy atom. The summed E-state index contributed by atoms with van der Waals surface area (Å²) in [5.41, 5.74) is 8.33. The van der Waals surface area contributed by atoms with E-state index in [1.165, 1.54) is 0 Å². The maximum absolute atomic E-state index is 7.56. The Labute approximate surface area is 121 Å². The van der Waals surface area contributed by atoms with Crippen LogP contribution in [0.3, 0.4) is 0 Å². The zero-order chi connectivity index (χ0) is 13.8. The smallest absolute Gasteiger partial charge is 0.125 e. The lowest BCUT2D eigenvalue weighted by atomic mass is 10.2. The highest BCUT2D eigenvalue weighted by Gasteiger charge is 2.08. The van der Waals surface area contributed by atoms with Crippen molar-refractivity contribution in [1.29, 1.82) is 5.41 Å². The molecule has 0 unspecified atom stereocenters. The maximum atomic E-state index is 7.56. The van der Waals surface area contributed by atoms with Crippen molar-refractivity contribution in [2.75, 3.05) is 0 Å². The van der Waals surface area contributed by atoms with Gasteiger partial charge in [0.2, 0.25) is 0 Å². The highest BCUT2D eigenvalue weighted by molar-refractivity contribution is 7.98. The minimum Gasteiger partial charge on any atom is -0.384 e. The second-order valence-corrected chi connectivity index (χ2v) is 5.53. The first-order valence-corrected chi connectivity index (χ1v) is 7.12. The predicted octanol–water partition coefficient (Wildman–Crippen LogP) is 3.62. The van der Waals surface area contributed by atoms with E-state index < -0.39 is 0 Å². The number of hydrogen-bond donors (Lipinski definition) is 2. The Morgan fingerprint density at radius 1 is 1.26 bits per heavy atom. The van der Waals surface area contributed by atoms with Crippen LogP contribution in [0.25, 0.3) is 0 Å². The third kappa shape index (κ3) is 3.72. The van der Waals surface area contributed by atoms with Gasteiger partial charge in [-0.05, 0) is 36.8 Å². The fourth-order valence-corrected chi connectivity index (χ4v) is 2.74. The molecule has 0 saturated heterocycles. The van der Waals surface area contributed by atoms with Crippen LogP contribution in [0.15, 0.2) is 41.4 Å². The molecule has 0 atom stereocenters. The van der Waals surface area contributed by atoms with Gasteiger partial charge < -0.3 is 5.73 Å². The summed E-state index contributed by atoms with van der Waals surface area (Å²) >= 11 is 7.43. The summed E-state index contributed by atoms with van der Waals surface area (Å²) in [6.45, 7) is 1.93. The highest BCUT2D eigenvalue weighted by Crippen LogP contribution is 2.25. The van der Waals surface area contributed by atoms with Gasteiger partial charge in [0.05, 0.1) is 0 Å². The van der Waals surface area contributed by atoms with Crippen LogP contribution >= 0.6 is 23.4 Å². The molecule has 2 aromatic rings. The third-order valence-corrected chi connectivity index (χ3v) is 3.89. The average Bonchev–Trinajstić information content (AvgIpc) is 2.38. The molecule has 19 heavy (non-hydrogen) atoms. The van der Waals surface area contributed by atoms with E-state index in [0.29, 0.717) is 5.56 Å². The Hall–Kier alpha value is -1.52. The summed E-state index contributed by atoms with van der Waals surface area (Å²) < 4.78 is 0. The van der Waals surface area contributed by atoms with E-state index in [9.17, 15) is 0 Å². The number of nitrogens with two attached hydrogens (primary N) is 1. The van der Waals surface area contributed by atoms with Gasteiger partial charge in [0.25, 0.3) is 0 Å². The number of thioether (sulfide) groups is 1. The van der Waals surface area contributed by atoms with E-state index in [0.717, 1.165) is 27.1 Å². The van der Waals surface area contributed by atoms with E-state index in [2.05, 4.69) is 4.98 Å². The van der Waals surface area contributed by atoms with E-state index in [1.807, 2.05) is 43.3 Å². The van der Waals surface area contributed by atoms with Crippen LogP contribution in [-0.2, 0) is 5.75 Å². The molecule has 0 spiro atoms. The number of aryl methyl sites for hydroxylation is 1. The second kappa shape index (κ2) is 6.08. The molecule has 5 heteroatoms. The molecule has 0 radical (unpaired) electrons. The monoisotopic (exact) mass is 291 g/mol. The van der Waals surface area contributed by atoms with E-state index in [4.69, 9.17) is 22.7 Å². The lowest BCUT2D eigenvalue weighted by molar-refractivity contribution is 1.05. The number of nitrogens with zero attached hydrogens (tertiary/aromatic N) is 1. The molecular weight excluding hydrogens is 278 g/mol. The molecule has 3 N–H and O–H groups in total. The summed E-state index contributed by atoms with van der Waals surface area (Å²) in [7, 11) is 0. The van der Waals surface area contributed by atoms with Gasteiger partial charge in [-0.1, -0.05) is 23.7 Å². The van der Waals surface area contributed by atoms with Gasteiger partial charge in [0.1, 0.15) is 10.9 Å². The first-order valence-electron chi connectivity index (χ1n) is 5.75. The van der Waals surface area contributed by atoms with Crippen LogP contribution in [-0.4, -0.2) is 10.8 Å². The molecule has 1 aromatic heterocycles. The van der Waals surface area contributed by atoms with Gasteiger partial charge in [-0.2, -0.15) is 0 Å². The van der Waals surface area contributed by atoms with Crippen molar-refractivity contribution in [2.45, 2.75) is 17.7 Å². The fourth-order valence-electron chi connectivity index (χ4n) is 1.58. The summed E-state index contributed by atoms with van der Waals surface area (Å²) in [4.78, 5) is 4.44. The average molecular weight is 292 g/mol. The molecule has 1 heterocycles. The van der Waals surface area contributed by atoms with E-state index in [-0.39, 0.29) is 5.84 Å². The van der Waals surface area contributed by atoms with Gasteiger partial charge in [-0.15, -0.1) is 11.8 Å². The molecule has 3 nitrogen and oxygen atoms in total. The number of aromatic nitrogens is 1. The molecule has 0 bridgehead atoms. The quantitative estimate of drug-likeness (QED) is 0.514. The zero-order valence-electron chi connectivity index (χ0n) is 10.5. The van der Waals surface area contributed by atoms with Crippen molar-refractivity contribution in [1.82, 2.24) is 4.98 Å². The Balaban J connectivity index is 2.16. The topological polar surface area (TPSA) is 62.8 Å². The van der Waals surface area contributed by atoms with E-state index >= 15 is 0 Å². The standard InChI is InChI=1S/C14H14ClN3S/c1-9-2-7-12(13(16)17)14(18-9)19-8-10-3-5-11(15)6-4-10/h2-7H,8H2,1H3,(H3,16,17). The number of rotatable bonds is 4. The summed E-state index contributed by atoms with van der Waals surface area (Å²) in [5, 5.41) is 9.09. The van der Waals surface area contributed by atoms with Gasteiger partial charge in [0, 0.05) is 22.0 Å². The first-order chi connectivity index (χ1) is 9.06. The maximum Gasteiger partial charge on any atom is 0.125 e. The van der Waals surface area contributed by atoms with Gasteiger partial charge in [-0.3, -0.25) is 5.41 Å². The van der Waals surface area contributed by atoms with Crippen LogP contribution in [0.2, 0.25) is 5.02 Å². The zero-order valence-corrected chi connectivity index (χ0v) is 12.1. The molecular formula is C14H14ClN3S. The first kappa shape index (κ1) is 13.9. The van der Waals surface area contributed by atoms with Crippen molar-refractivity contribution in [2.24, 2.45) is 5.73 Å². The number of nitrogen functional groups attached to an aromatic ring is 1. The number of nitrogens with one attached hydrogen (secondary N) is 1. The van der Waals surface area contributed by atoms with Crippen LogP contribution in [0.1, 0.15) is 16.8 Å². The van der Waals surface area contributed by atoms with Crippen LogP contribution in [0.4, 0.5) is 0 Å². The van der Waals surface area contributed by atoms with Crippen LogP contribution in [0.5, 0.6) is 0 Å². The largest absolute Gasteiger partial charge is 0.384 e. The predicted molar refractivity (Wildman–Crippen MR) is 81.0 cm³/mol. The van der Waals surface area contributed by atoms with Crippen molar-refractivity contribution in [3.8, 4) is 0 Å². The molecule has 0 fully saturated rings. The molecule has 0 aliphatic carbocycles. The lowest BCUT2D eigenvalue weighted by Crippen LogP contribution is -2.13. The Kier molecular flexibility index (Phi) is 4.45. The summed E-state index contributed by atoms with van der Waals surface area (Å²) in [6, 6.07) is 11.4. The minimum absolute atomic E-state index is 0.0473. The van der Waals surface area contributed by atoms with Gasteiger partial charge >= 0.3 is 0 Å². The molecule has 0 amide bonds. The van der Waals surface area contributed by atoms with Crippen LogP contribution < -0.4 is 5.73 Å². The number of amidine groups is 1. The molecule has 0 aliphatic heterocycles. The van der Waals surface area contributed by atoms with Crippen LogP contribution in [0, 0.1) is 12.3 Å². The fraction of sp³-hybridized carbons (Fsp3) is 0.143. The lowest BCUT2D eigenvalue weighted by Gasteiger charge is -2.08. The summed E-state index contributed by atoms with van der Waals surface area (Å²) in [5.74, 6) is 0.819. The SMILES string of the molecule is Cc1ccc(C(=N)N)c(SCc2ccc(Cl)cc2)n1. The van der Waals surface area contributed by atoms with Crippen molar-refractivity contribution in [3.63, 3.8) is 0 Å². The van der Waals surface area contributed by atoms with Crippen molar-refractivity contribution in [3.05, 3.63) is 58.2 Å². The molecule has 2 rings (SSSR count). The Bertz CT molecular complexity index is 596. The number of hydrogen-bond acceptors (Lipinski definition) is 3. The number of pyridine rings is 1. The Morgan fingerprint density at radius 2 is 1.95 bits per heavy atom. The molecule has 98 valence electrons. The highest BCUT2D eigenvalue weighted by atomic mass is 35.5. The molecule has 0 aliphatic rings. The third-order valence-electron chi connectivity index (χ3n) is 2.58. The normalized spacial score (nSPS) is 10.4. The number of benzene rings is 1. The number of halogens is 1. The van der Waals surface area contributed by atoms with Gasteiger partial charge in [-0.25, -0.2) is 4.98 Å². The second-order valence-electron chi connectivity index (χ2n) is 4.13. The summed E-state index contributed by atoms with van der Waals surface area (Å²) in [6.07, 6.45) is 0. The molecule has 0 saturated carbocycles. The van der Waals surface area contributed by atoms with Gasteiger partial charge in [0.15, 0.2) is 0 Å². The van der Waals surface area contributed by atoms with E-state index in [1.54, 1.807) is 11.8 Å².